The van der Waals surface area contributed by atoms with E-state index in [1.165, 1.54) is 44.5 Å². The molecule has 48 heavy (non-hydrogen) atoms. The SMILES string of the molecule is CC.CC.CC.CC.CC.CC.CC.CC.Cc1ccc(-c2ccc(-c3ccc(C)cc3)cc2)cc1.Cc1ccnc2c(C)ccnc12. The molecule has 0 spiro atoms. The minimum atomic E-state index is 1.01. The molecule has 0 unspecified atom stereocenters. The highest BCUT2D eigenvalue weighted by atomic mass is 14.7. The summed E-state index contributed by atoms with van der Waals surface area (Å²) in [4.78, 5) is 8.56. The van der Waals surface area contributed by atoms with E-state index in [-0.39, 0.29) is 0 Å². The molecule has 0 fully saturated rings. The van der Waals surface area contributed by atoms with Gasteiger partial charge in [-0.2, -0.15) is 0 Å². The molecule has 3 aromatic carbocycles. The zero-order valence-corrected chi connectivity index (χ0v) is 35.1. The van der Waals surface area contributed by atoms with Crippen molar-refractivity contribution in [2.75, 3.05) is 0 Å². The second-order valence-electron chi connectivity index (χ2n) is 8.26. The molecule has 0 saturated heterocycles. The van der Waals surface area contributed by atoms with Gasteiger partial charge in [0.25, 0.3) is 0 Å². The van der Waals surface area contributed by atoms with Crippen LogP contribution >= 0.6 is 0 Å². The Labute approximate surface area is 300 Å². The number of aryl methyl sites for hydroxylation is 4. The van der Waals surface area contributed by atoms with Crippen molar-refractivity contribution >= 4 is 11.0 Å². The third-order valence-electron chi connectivity index (χ3n) is 5.68. The first kappa shape index (κ1) is 53.7. The molecular weight excluding hydrogens is 581 g/mol. The monoisotopic (exact) mass is 657 g/mol. The number of fused-ring (bicyclic) bond motifs is 1. The number of hydrogen-bond donors (Lipinski definition) is 0. The summed E-state index contributed by atoms with van der Waals surface area (Å²) in [5, 5.41) is 0. The van der Waals surface area contributed by atoms with Crippen molar-refractivity contribution in [3.05, 3.63) is 120 Å². The molecule has 5 aromatic rings. The van der Waals surface area contributed by atoms with Crippen LogP contribution in [-0.2, 0) is 0 Å². The van der Waals surface area contributed by atoms with Gasteiger partial charge in [0.15, 0.2) is 0 Å². The van der Waals surface area contributed by atoms with Crippen LogP contribution in [0.25, 0.3) is 33.3 Å². The molecule has 0 radical (unpaired) electrons. The van der Waals surface area contributed by atoms with Crippen LogP contribution in [-0.4, -0.2) is 9.97 Å². The molecule has 0 N–H and O–H groups in total. The average Bonchev–Trinajstić information content (AvgIpc) is 3.20. The van der Waals surface area contributed by atoms with Crippen LogP contribution in [0, 0.1) is 27.7 Å². The Morgan fingerprint density at radius 3 is 0.667 bits per heavy atom. The second kappa shape index (κ2) is 39.4. The predicted octanol–water partition coefficient (Wildman–Crippen LogP) is 16.1. The standard InChI is InChI=1S/C20H18.C10H10N2.8C2H6/c1-15-3-7-17(8-4-15)19-11-13-20(14-12-19)18-9-5-16(2)6-10-18;1-7-3-5-12-10-8(2)4-6-11-9(7)10;8*1-2/h3-14H,1-2H3;3-6H,1-2H3;8*1-2H3. The van der Waals surface area contributed by atoms with Crippen LogP contribution in [0.2, 0.25) is 0 Å². The molecule has 0 saturated carbocycles. The molecule has 2 heterocycles. The molecule has 0 bridgehead atoms. The molecule has 2 aromatic heterocycles. The van der Waals surface area contributed by atoms with Gasteiger partial charge < -0.3 is 0 Å². The van der Waals surface area contributed by atoms with Gasteiger partial charge in [-0.25, -0.2) is 0 Å². The third kappa shape index (κ3) is 21.2. The maximum Gasteiger partial charge on any atom is 0.0918 e. The highest BCUT2D eigenvalue weighted by molar-refractivity contribution is 5.80. The maximum atomic E-state index is 4.28. The van der Waals surface area contributed by atoms with Gasteiger partial charge in [0.05, 0.1) is 11.0 Å². The Balaban J connectivity index is -0.000000189. The Hall–Kier alpha value is -3.78. The Morgan fingerprint density at radius 2 is 0.458 bits per heavy atom. The molecule has 5 rings (SSSR count). The highest BCUT2D eigenvalue weighted by Gasteiger charge is 2.01. The fraction of sp³-hybridized carbons (Fsp3) is 0.435. The first-order valence-corrected chi connectivity index (χ1v) is 18.9. The van der Waals surface area contributed by atoms with Gasteiger partial charge >= 0.3 is 0 Å². The summed E-state index contributed by atoms with van der Waals surface area (Å²) in [6.07, 6.45) is 3.65. The number of rotatable bonds is 2. The fourth-order valence-electron chi connectivity index (χ4n) is 3.65. The van der Waals surface area contributed by atoms with Gasteiger partial charge in [0.1, 0.15) is 0 Å². The average molecular weight is 657 g/mol. The fourth-order valence-corrected chi connectivity index (χ4v) is 3.65. The summed E-state index contributed by atoms with van der Waals surface area (Å²) >= 11 is 0. The largest absolute Gasteiger partial charge is 0.254 e. The van der Waals surface area contributed by atoms with E-state index in [1.54, 1.807) is 0 Å². The van der Waals surface area contributed by atoms with Crippen LogP contribution in [0.3, 0.4) is 0 Å². The van der Waals surface area contributed by atoms with E-state index < -0.39 is 0 Å². The van der Waals surface area contributed by atoms with Crippen molar-refractivity contribution in [1.82, 2.24) is 9.97 Å². The van der Waals surface area contributed by atoms with Crippen molar-refractivity contribution in [3.63, 3.8) is 0 Å². The van der Waals surface area contributed by atoms with Gasteiger partial charge in [-0.3, -0.25) is 9.97 Å². The minimum Gasteiger partial charge on any atom is -0.254 e. The van der Waals surface area contributed by atoms with E-state index >= 15 is 0 Å². The van der Waals surface area contributed by atoms with E-state index in [9.17, 15) is 0 Å². The quantitative estimate of drug-likeness (QED) is 0.189. The van der Waals surface area contributed by atoms with Crippen molar-refractivity contribution in [1.29, 1.82) is 0 Å². The topological polar surface area (TPSA) is 25.8 Å². The summed E-state index contributed by atoms with van der Waals surface area (Å²) in [5.74, 6) is 0. The molecule has 270 valence electrons. The lowest BCUT2D eigenvalue weighted by Crippen LogP contribution is -1.88. The van der Waals surface area contributed by atoms with Gasteiger partial charge in [0.2, 0.25) is 0 Å². The number of benzene rings is 3. The zero-order valence-electron chi connectivity index (χ0n) is 35.1. The summed E-state index contributed by atoms with van der Waals surface area (Å²) in [5.41, 5.74) is 12.1. The Morgan fingerprint density at radius 1 is 0.271 bits per heavy atom. The van der Waals surface area contributed by atoms with E-state index in [2.05, 4.69) is 110 Å². The van der Waals surface area contributed by atoms with Crippen LogP contribution in [0.1, 0.15) is 133 Å². The highest BCUT2D eigenvalue weighted by Crippen LogP contribution is 2.25. The third-order valence-corrected chi connectivity index (χ3v) is 5.68. The summed E-state index contributed by atoms with van der Waals surface area (Å²) in [6, 6.07) is 30.1. The molecule has 0 aliphatic rings. The second-order valence-corrected chi connectivity index (χ2v) is 8.26. The lowest BCUT2D eigenvalue weighted by Gasteiger charge is -2.06. The zero-order chi connectivity index (χ0) is 38.5. The minimum absolute atomic E-state index is 1.01. The molecule has 2 nitrogen and oxygen atoms in total. The predicted molar refractivity (Wildman–Crippen MR) is 227 cm³/mol. The van der Waals surface area contributed by atoms with Crippen molar-refractivity contribution in [3.8, 4) is 22.3 Å². The van der Waals surface area contributed by atoms with E-state index in [0.717, 1.165) is 11.0 Å². The first-order valence-electron chi connectivity index (χ1n) is 18.9. The van der Waals surface area contributed by atoms with Gasteiger partial charge in [-0.15, -0.1) is 0 Å². The van der Waals surface area contributed by atoms with Gasteiger partial charge in [0, 0.05) is 12.4 Å². The van der Waals surface area contributed by atoms with Crippen LogP contribution in [0.15, 0.2) is 97.3 Å². The summed E-state index contributed by atoms with van der Waals surface area (Å²) < 4.78 is 0. The number of aromatic nitrogens is 2. The van der Waals surface area contributed by atoms with Crippen molar-refractivity contribution in [2.24, 2.45) is 0 Å². The van der Waals surface area contributed by atoms with E-state index in [0.29, 0.717) is 0 Å². The maximum absolute atomic E-state index is 4.28. The molecule has 0 atom stereocenters. The van der Waals surface area contributed by atoms with Crippen molar-refractivity contribution < 1.29 is 0 Å². The van der Waals surface area contributed by atoms with Gasteiger partial charge in [-0.05, 0) is 73.2 Å². The number of pyridine rings is 2. The van der Waals surface area contributed by atoms with Crippen LogP contribution in [0.4, 0.5) is 0 Å². The normalized spacial score (nSPS) is 8.00. The van der Waals surface area contributed by atoms with Crippen LogP contribution < -0.4 is 0 Å². The molecule has 0 amide bonds. The van der Waals surface area contributed by atoms with E-state index in [4.69, 9.17) is 0 Å². The lowest BCUT2D eigenvalue weighted by atomic mass is 9.99. The van der Waals surface area contributed by atoms with E-state index in [1.807, 2.05) is 135 Å². The lowest BCUT2D eigenvalue weighted by molar-refractivity contribution is 1.27. The number of nitrogens with zero attached hydrogens (tertiary/aromatic N) is 2. The summed E-state index contributed by atoms with van der Waals surface area (Å²) in [7, 11) is 0. The molecular formula is C46H76N2. The Kier molecular flexibility index (Phi) is 44.1. The van der Waals surface area contributed by atoms with Crippen molar-refractivity contribution in [2.45, 2.75) is 138 Å². The number of hydrogen-bond acceptors (Lipinski definition) is 2. The first-order chi connectivity index (χ1) is 23.5. The smallest absolute Gasteiger partial charge is 0.0918 e. The molecule has 2 heteroatoms. The summed E-state index contributed by atoms with van der Waals surface area (Å²) in [6.45, 7) is 40.3. The molecule has 0 aliphatic heterocycles. The Bertz CT molecular complexity index is 1210. The molecule has 0 aliphatic carbocycles. The van der Waals surface area contributed by atoms with Gasteiger partial charge in [-0.1, -0.05) is 195 Å². The van der Waals surface area contributed by atoms with Crippen LogP contribution in [0.5, 0.6) is 0 Å².